The van der Waals surface area contributed by atoms with Crippen LogP contribution in [0.2, 0.25) is 0 Å². The molecule has 1 N–H and O–H groups in total. The van der Waals surface area contributed by atoms with Gasteiger partial charge < -0.3 is 4.74 Å². The molecule has 16 heavy (non-hydrogen) atoms. The van der Waals surface area contributed by atoms with Crippen molar-refractivity contribution in [3.05, 3.63) is 34.4 Å². The Balaban J connectivity index is 2.55. The van der Waals surface area contributed by atoms with Gasteiger partial charge >= 0.3 is 11.7 Å². The summed E-state index contributed by atoms with van der Waals surface area (Å²) >= 11 is 0. The summed E-state index contributed by atoms with van der Waals surface area (Å²) in [5.74, 6) is 0.348. The van der Waals surface area contributed by atoms with Gasteiger partial charge in [0.1, 0.15) is 5.69 Å². The average molecular weight is 218 g/mol. The van der Waals surface area contributed by atoms with E-state index in [1.165, 1.54) is 7.11 Å². The molecule has 2 aromatic heterocycles. The van der Waals surface area contributed by atoms with Gasteiger partial charge in [0.05, 0.1) is 7.11 Å². The molecule has 2 heterocycles. The van der Waals surface area contributed by atoms with Crippen LogP contribution in [-0.2, 0) is 0 Å². The summed E-state index contributed by atoms with van der Waals surface area (Å²) in [4.78, 5) is 25.4. The van der Waals surface area contributed by atoms with Gasteiger partial charge in [-0.3, -0.25) is 9.97 Å². The molecule has 6 heteroatoms. The molecule has 0 radical (unpaired) electrons. The van der Waals surface area contributed by atoms with Crippen molar-refractivity contribution < 1.29 is 4.74 Å². The zero-order chi connectivity index (χ0) is 11.5. The van der Waals surface area contributed by atoms with Crippen LogP contribution < -0.4 is 10.4 Å². The molecule has 0 amide bonds. The summed E-state index contributed by atoms with van der Waals surface area (Å²) in [6.45, 7) is 1.93. The number of aromatic nitrogens is 4. The lowest BCUT2D eigenvalue weighted by molar-refractivity contribution is 0.377. The maximum atomic E-state index is 11.2. The van der Waals surface area contributed by atoms with Gasteiger partial charge in [-0.05, 0) is 24.6 Å². The summed E-state index contributed by atoms with van der Waals surface area (Å²) < 4.78 is 4.82. The minimum atomic E-state index is -0.509. The van der Waals surface area contributed by atoms with E-state index < -0.39 is 5.69 Å². The molecule has 0 spiro atoms. The number of rotatable bonds is 2. The van der Waals surface area contributed by atoms with Crippen LogP contribution in [0.4, 0.5) is 0 Å². The largest absolute Gasteiger partial charge is 0.467 e. The highest BCUT2D eigenvalue weighted by Gasteiger charge is 2.06. The molecule has 0 bridgehead atoms. The van der Waals surface area contributed by atoms with Gasteiger partial charge in [0.25, 0.3) is 0 Å². The number of nitrogens with zero attached hydrogens (tertiary/aromatic N) is 3. The predicted octanol–water partition coefficient (Wildman–Crippen LogP) is 0.544. The second-order valence-electron chi connectivity index (χ2n) is 3.21. The van der Waals surface area contributed by atoms with Gasteiger partial charge in [0.2, 0.25) is 0 Å². The van der Waals surface area contributed by atoms with E-state index in [0.717, 1.165) is 5.56 Å². The molecule has 0 atom stereocenters. The highest BCUT2D eigenvalue weighted by Crippen LogP contribution is 2.12. The number of methoxy groups -OCH3 is 1. The lowest BCUT2D eigenvalue weighted by Crippen LogP contribution is -2.14. The Morgan fingerprint density at radius 2 is 2.19 bits per heavy atom. The van der Waals surface area contributed by atoms with Crippen molar-refractivity contribution in [2.75, 3.05) is 7.11 Å². The fraction of sp³-hybridized carbons (Fsp3) is 0.200. The van der Waals surface area contributed by atoms with Crippen LogP contribution >= 0.6 is 0 Å². The number of hydrogen-bond donors (Lipinski definition) is 1. The molecule has 2 aromatic rings. The molecule has 0 aromatic carbocycles. The monoisotopic (exact) mass is 218 g/mol. The molecule has 0 saturated heterocycles. The fourth-order valence-corrected chi connectivity index (χ4v) is 1.24. The van der Waals surface area contributed by atoms with Gasteiger partial charge in [0, 0.05) is 6.20 Å². The van der Waals surface area contributed by atoms with E-state index in [1.807, 2.05) is 19.1 Å². The lowest BCUT2D eigenvalue weighted by atomic mass is 10.2. The Kier molecular flexibility index (Phi) is 2.63. The van der Waals surface area contributed by atoms with Crippen molar-refractivity contribution in [1.29, 1.82) is 0 Å². The highest BCUT2D eigenvalue weighted by atomic mass is 16.5. The molecular weight excluding hydrogens is 208 g/mol. The quantitative estimate of drug-likeness (QED) is 0.795. The van der Waals surface area contributed by atoms with Gasteiger partial charge in [-0.15, -0.1) is 4.98 Å². The number of pyridine rings is 1. The number of aromatic amines is 1. The first-order chi connectivity index (χ1) is 7.69. The minimum absolute atomic E-state index is 0.0297. The standard InChI is InChI=1S/C10H10N4O2/c1-6-3-4-11-7(5-6)8-12-9(15)14-10(13-8)16-2/h3-5H,1-2H3,(H,12,13,14,15). The van der Waals surface area contributed by atoms with Gasteiger partial charge in [-0.1, -0.05) is 0 Å². The number of nitrogens with one attached hydrogen (secondary N) is 1. The van der Waals surface area contributed by atoms with Gasteiger partial charge in [-0.25, -0.2) is 4.79 Å². The van der Waals surface area contributed by atoms with Crippen molar-refractivity contribution in [2.24, 2.45) is 0 Å². The normalized spacial score (nSPS) is 10.1. The van der Waals surface area contributed by atoms with E-state index in [1.54, 1.807) is 6.20 Å². The molecule has 0 aliphatic heterocycles. The van der Waals surface area contributed by atoms with E-state index in [-0.39, 0.29) is 6.01 Å². The Hall–Kier alpha value is -2.24. The molecule has 82 valence electrons. The highest BCUT2D eigenvalue weighted by molar-refractivity contribution is 5.49. The van der Waals surface area contributed by atoms with Crippen molar-refractivity contribution in [3.63, 3.8) is 0 Å². The van der Waals surface area contributed by atoms with Crippen molar-refractivity contribution in [2.45, 2.75) is 6.92 Å². The summed E-state index contributed by atoms with van der Waals surface area (Å²) in [5, 5.41) is 0. The molecule has 2 rings (SSSR count). The van der Waals surface area contributed by atoms with Crippen LogP contribution in [0.5, 0.6) is 6.01 Å². The minimum Gasteiger partial charge on any atom is -0.467 e. The third kappa shape index (κ3) is 2.05. The van der Waals surface area contributed by atoms with Crippen molar-refractivity contribution in [1.82, 2.24) is 19.9 Å². The van der Waals surface area contributed by atoms with E-state index in [0.29, 0.717) is 11.5 Å². The van der Waals surface area contributed by atoms with E-state index in [4.69, 9.17) is 4.74 Å². The molecule has 6 nitrogen and oxygen atoms in total. The van der Waals surface area contributed by atoms with Crippen molar-refractivity contribution >= 4 is 0 Å². The Morgan fingerprint density at radius 1 is 1.38 bits per heavy atom. The number of ether oxygens (including phenoxy) is 1. The van der Waals surface area contributed by atoms with Crippen LogP contribution in [0.25, 0.3) is 11.5 Å². The summed E-state index contributed by atoms with van der Waals surface area (Å²) in [6, 6.07) is 3.71. The Morgan fingerprint density at radius 3 is 2.88 bits per heavy atom. The van der Waals surface area contributed by atoms with Crippen LogP contribution in [0.15, 0.2) is 23.1 Å². The summed E-state index contributed by atoms with van der Waals surface area (Å²) in [6.07, 6.45) is 1.65. The first-order valence-electron chi connectivity index (χ1n) is 4.64. The van der Waals surface area contributed by atoms with Crippen LogP contribution in [0, 0.1) is 6.92 Å². The Labute approximate surface area is 91.4 Å². The molecule has 0 saturated carbocycles. The SMILES string of the molecule is COc1nc(-c2cc(C)ccn2)[nH]c(=O)n1. The van der Waals surface area contributed by atoms with E-state index in [9.17, 15) is 4.79 Å². The topological polar surface area (TPSA) is 80.8 Å². The number of aryl methyl sites for hydroxylation is 1. The number of H-pyrrole nitrogens is 1. The second-order valence-corrected chi connectivity index (χ2v) is 3.21. The fourth-order valence-electron chi connectivity index (χ4n) is 1.24. The first kappa shape index (κ1) is 10.3. The van der Waals surface area contributed by atoms with Crippen LogP contribution in [0.3, 0.4) is 0 Å². The summed E-state index contributed by atoms with van der Waals surface area (Å²) in [5.41, 5.74) is 1.10. The van der Waals surface area contributed by atoms with Gasteiger partial charge in [0.15, 0.2) is 5.82 Å². The lowest BCUT2D eigenvalue weighted by Gasteiger charge is -2.02. The maximum absolute atomic E-state index is 11.2. The second kappa shape index (κ2) is 4.09. The molecule has 0 aliphatic carbocycles. The smallest absolute Gasteiger partial charge is 0.351 e. The molecular formula is C10H10N4O2. The third-order valence-corrected chi connectivity index (χ3v) is 1.97. The summed E-state index contributed by atoms with van der Waals surface area (Å²) in [7, 11) is 1.40. The average Bonchev–Trinajstić information content (AvgIpc) is 2.28. The predicted molar refractivity (Wildman–Crippen MR) is 57.2 cm³/mol. The van der Waals surface area contributed by atoms with Crippen molar-refractivity contribution in [3.8, 4) is 17.5 Å². The van der Waals surface area contributed by atoms with E-state index >= 15 is 0 Å². The number of hydrogen-bond acceptors (Lipinski definition) is 5. The third-order valence-electron chi connectivity index (χ3n) is 1.97. The maximum Gasteiger partial charge on any atom is 0.351 e. The first-order valence-corrected chi connectivity index (χ1v) is 4.64. The molecule has 0 aliphatic rings. The van der Waals surface area contributed by atoms with E-state index in [2.05, 4.69) is 19.9 Å². The zero-order valence-electron chi connectivity index (χ0n) is 8.89. The van der Waals surface area contributed by atoms with Crippen LogP contribution in [-0.4, -0.2) is 27.0 Å². The Bertz CT molecular complexity index is 565. The zero-order valence-corrected chi connectivity index (χ0v) is 8.89. The molecule has 0 fully saturated rings. The van der Waals surface area contributed by atoms with Gasteiger partial charge in [-0.2, -0.15) is 4.98 Å². The molecule has 0 unspecified atom stereocenters. The van der Waals surface area contributed by atoms with Crippen LogP contribution in [0.1, 0.15) is 5.56 Å².